The van der Waals surface area contributed by atoms with E-state index in [2.05, 4.69) is 22.2 Å². The molecule has 1 amide bonds. The van der Waals surface area contributed by atoms with Gasteiger partial charge in [0.25, 0.3) is 5.56 Å². The third kappa shape index (κ3) is 6.18. The molecule has 34 heavy (non-hydrogen) atoms. The van der Waals surface area contributed by atoms with Gasteiger partial charge < -0.3 is 9.88 Å². The van der Waals surface area contributed by atoms with E-state index >= 15 is 0 Å². The monoisotopic (exact) mass is 475 g/mol. The number of aryl methyl sites for hydroxylation is 3. The van der Waals surface area contributed by atoms with Gasteiger partial charge in [-0.1, -0.05) is 33.1 Å². The Bertz CT molecular complexity index is 1240. The van der Waals surface area contributed by atoms with Crippen molar-refractivity contribution in [3.05, 3.63) is 62.1 Å². The molecule has 0 spiro atoms. The van der Waals surface area contributed by atoms with Gasteiger partial charge in [0.2, 0.25) is 5.91 Å². The van der Waals surface area contributed by atoms with Gasteiger partial charge in [0, 0.05) is 38.5 Å². The molecule has 8 nitrogen and oxygen atoms in total. The lowest BCUT2D eigenvalue weighted by Gasteiger charge is -2.09. The Morgan fingerprint density at radius 1 is 1.00 bits per heavy atom. The first-order chi connectivity index (χ1) is 16.3. The predicted molar refractivity (Wildman–Crippen MR) is 126 cm³/mol. The van der Waals surface area contributed by atoms with Gasteiger partial charge in [-0.05, 0) is 30.5 Å². The summed E-state index contributed by atoms with van der Waals surface area (Å²) in [6.07, 6.45) is 4.78. The molecule has 0 saturated carbocycles. The van der Waals surface area contributed by atoms with Crippen molar-refractivity contribution >= 4 is 17.1 Å². The fraction of sp³-hybridized carbons (Fsp3) is 0.500. The van der Waals surface area contributed by atoms with Crippen LogP contribution < -0.4 is 16.6 Å². The van der Waals surface area contributed by atoms with E-state index in [-0.39, 0.29) is 25.3 Å². The number of unbranched alkanes of at least 4 members (excludes halogenated alkanes) is 3. The standard InChI is InChI=1S/C24H31F2N5O3/c1-3-5-7-11-30-19(8-9-20(32)27-15-16-12-17(25)14-18(26)13-16)28-22-21(30)23(33)29-24(34)31(22)10-6-4-2/h12-14H,3-11,15H2,1-2H3,(H,27,32)(H,29,33,34). The number of carbonyl (C=O) groups excluding carboxylic acids is 1. The van der Waals surface area contributed by atoms with E-state index in [9.17, 15) is 23.2 Å². The SMILES string of the molecule is CCCCCn1c(CCC(=O)NCc2cc(F)cc(F)c2)nc2c1c(=O)[nH]c(=O)n2CCCC. The first-order valence-electron chi connectivity index (χ1n) is 11.8. The van der Waals surface area contributed by atoms with Crippen molar-refractivity contribution in [2.24, 2.45) is 0 Å². The topological polar surface area (TPSA) is 102 Å². The van der Waals surface area contributed by atoms with Gasteiger partial charge in [-0.3, -0.25) is 19.1 Å². The van der Waals surface area contributed by atoms with Crippen LogP contribution in [0.5, 0.6) is 0 Å². The van der Waals surface area contributed by atoms with Gasteiger partial charge in [-0.15, -0.1) is 0 Å². The van der Waals surface area contributed by atoms with E-state index in [1.165, 1.54) is 16.7 Å². The maximum absolute atomic E-state index is 13.4. The molecule has 10 heteroatoms. The number of hydrogen-bond donors (Lipinski definition) is 2. The van der Waals surface area contributed by atoms with Crippen LogP contribution in [0, 0.1) is 11.6 Å². The van der Waals surface area contributed by atoms with Crippen LogP contribution >= 0.6 is 0 Å². The second-order valence-electron chi connectivity index (χ2n) is 8.38. The molecule has 3 aromatic rings. The van der Waals surface area contributed by atoms with E-state index in [0.717, 1.165) is 38.2 Å². The summed E-state index contributed by atoms with van der Waals surface area (Å²) in [5, 5.41) is 2.66. The molecule has 2 heterocycles. The van der Waals surface area contributed by atoms with Crippen molar-refractivity contribution in [3.63, 3.8) is 0 Å². The minimum absolute atomic E-state index is 0.00332. The van der Waals surface area contributed by atoms with E-state index < -0.39 is 22.9 Å². The first kappa shape index (κ1) is 25.3. The Morgan fingerprint density at radius 3 is 2.35 bits per heavy atom. The van der Waals surface area contributed by atoms with E-state index in [1.54, 1.807) is 4.57 Å². The number of fused-ring (bicyclic) bond motifs is 1. The number of benzene rings is 1. The summed E-state index contributed by atoms with van der Waals surface area (Å²) in [4.78, 5) is 44.5. The molecule has 0 saturated heterocycles. The summed E-state index contributed by atoms with van der Waals surface area (Å²) < 4.78 is 30.0. The van der Waals surface area contributed by atoms with E-state index in [0.29, 0.717) is 35.6 Å². The largest absolute Gasteiger partial charge is 0.352 e. The quantitative estimate of drug-likeness (QED) is 0.392. The number of hydrogen-bond acceptors (Lipinski definition) is 4. The highest BCUT2D eigenvalue weighted by Gasteiger charge is 2.19. The Morgan fingerprint density at radius 2 is 1.68 bits per heavy atom. The molecule has 0 aliphatic carbocycles. The molecule has 0 fully saturated rings. The van der Waals surface area contributed by atoms with Crippen molar-refractivity contribution in [1.82, 2.24) is 24.4 Å². The van der Waals surface area contributed by atoms with Gasteiger partial charge >= 0.3 is 5.69 Å². The van der Waals surface area contributed by atoms with Crippen molar-refractivity contribution in [3.8, 4) is 0 Å². The van der Waals surface area contributed by atoms with Crippen LogP contribution in [-0.2, 0) is 30.8 Å². The van der Waals surface area contributed by atoms with Gasteiger partial charge in [0.1, 0.15) is 17.5 Å². The molecule has 0 aliphatic heterocycles. The van der Waals surface area contributed by atoms with Crippen molar-refractivity contribution in [1.29, 1.82) is 0 Å². The Labute approximate surface area is 196 Å². The van der Waals surface area contributed by atoms with Gasteiger partial charge in [0.05, 0.1) is 0 Å². The molecule has 2 aromatic heterocycles. The molecule has 2 N–H and O–H groups in total. The molecule has 0 aliphatic rings. The normalized spacial score (nSPS) is 11.3. The van der Waals surface area contributed by atoms with Crippen LogP contribution in [0.1, 0.15) is 63.8 Å². The fourth-order valence-electron chi connectivity index (χ4n) is 3.92. The summed E-state index contributed by atoms with van der Waals surface area (Å²) in [5.41, 5.74) is 0.0299. The van der Waals surface area contributed by atoms with Crippen LogP contribution in [-0.4, -0.2) is 25.0 Å². The Balaban J connectivity index is 1.82. The lowest BCUT2D eigenvalue weighted by Crippen LogP contribution is -2.31. The maximum Gasteiger partial charge on any atom is 0.330 e. The van der Waals surface area contributed by atoms with Crippen LogP contribution in [0.15, 0.2) is 27.8 Å². The third-order valence-electron chi connectivity index (χ3n) is 5.67. The smallest absolute Gasteiger partial charge is 0.330 e. The van der Waals surface area contributed by atoms with E-state index in [1.807, 2.05) is 6.92 Å². The summed E-state index contributed by atoms with van der Waals surface area (Å²) in [7, 11) is 0. The maximum atomic E-state index is 13.4. The predicted octanol–water partition coefficient (Wildman–Crippen LogP) is 3.40. The molecule has 0 radical (unpaired) electrons. The third-order valence-corrected chi connectivity index (χ3v) is 5.67. The zero-order chi connectivity index (χ0) is 24.7. The summed E-state index contributed by atoms with van der Waals surface area (Å²) in [6, 6.07) is 3.10. The lowest BCUT2D eigenvalue weighted by molar-refractivity contribution is -0.121. The number of H-pyrrole nitrogens is 1. The molecular formula is C24H31F2N5O3. The lowest BCUT2D eigenvalue weighted by atomic mass is 10.2. The molecule has 0 unspecified atom stereocenters. The van der Waals surface area contributed by atoms with Crippen LogP contribution in [0.4, 0.5) is 8.78 Å². The van der Waals surface area contributed by atoms with Crippen LogP contribution in [0.25, 0.3) is 11.2 Å². The fourth-order valence-corrected chi connectivity index (χ4v) is 3.92. The molecule has 1 aromatic carbocycles. The van der Waals surface area contributed by atoms with E-state index in [4.69, 9.17) is 0 Å². The number of aromatic nitrogens is 4. The molecule has 3 rings (SSSR count). The number of carbonyl (C=O) groups is 1. The van der Waals surface area contributed by atoms with Crippen molar-refractivity contribution in [2.75, 3.05) is 0 Å². The average Bonchev–Trinajstić information content (AvgIpc) is 3.14. The minimum atomic E-state index is -0.704. The highest BCUT2D eigenvalue weighted by Crippen LogP contribution is 2.16. The first-order valence-corrected chi connectivity index (χ1v) is 11.8. The number of aromatic amines is 1. The second kappa shape index (κ2) is 11.7. The van der Waals surface area contributed by atoms with Gasteiger partial charge in [-0.25, -0.2) is 18.6 Å². The number of nitrogens with zero attached hydrogens (tertiary/aromatic N) is 3. The van der Waals surface area contributed by atoms with Gasteiger partial charge in [-0.2, -0.15) is 0 Å². The highest BCUT2D eigenvalue weighted by molar-refractivity contribution is 5.76. The summed E-state index contributed by atoms with van der Waals surface area (Å²) >= 11 is 0. The Kier molecular flexibility index (Phi) is 8.72. The molecule has 0 atom stereocenters. The number of nitrogens with one attached hydrogen (secondary N) is 2. The zero-order valence-electron chi connectivity index (χ0n) is 19.6. The summed E-state index contributed by atoms with van der Waals surface area (Å²) in [6.45, 7) is 5.09. The number of halogens is 2. The van der Waals surface area contributed by atoms with Crippen molar-refractivity contribution < 1.29 is 13.6 Å². The number of rotatable bonds is 12. The number of imidazole rings is 1. The number of amides is 1. The van der Waals surface area contributed by atoms with Crippen molar-refractivity contribution in [2.45, 2.75) is 78.4 Å². The second-order valence-corrected chi connectivity index (χ2v) is 8.38. The molecule has 0 bridgehead atoms. The summed E-state index contributed by atoms with van der Waals surface area (Å²) in [5.74, 6) is -1.16. The average molecular weight is 476 g/mol. The molecular weight excluding hydrogens is 444 g/mol. The zero-order valence-corrected chi connectivity index (χ0v) is 19.6. The van der Waals surface area contributed by atoms with Crippen LogP contribution in [0.2, 0.25) is 0 Å². The van der Waals surface area contributed by atoms with Gasteiger partial charge in [0.15, 0.2) is 11.2 Å². The van der Waals surface area contributed by atoms with Crippen LogP contribution in [0.3, 0.4) is 0 Å². The minimum Gasteiger partial charge on any atom is -0.352 e. The highest BCUT2D eigenvalue weighted by atomic mass is 19.1. The molecule has 184 valence electrons. The Hall–Kier alpha value is -3.30.